The Morgan fingerprint density at radius 2 is 1.04 bits per heavy atom. The molecule has 0 N–H and O–H groups in total. The number of carbonyl (C=O) groups excluding carboxylic acids is 1. The lowest BCUT2D eigenvalue weighted by atomic mass is 9.70. The molecule has 0 saturated heterocycles. The second kappa shape index (κ2) is 11.4. The first kappa shape index (κ1) is 31.2. The van der Waals surface area contributed by atoms with Crippen molar-refractivity contribution in [3.63, 3.8) is 0 Å². The van der Waals surface area contributed by atoms with Gasteiger partial charge in [-0.2, -0.15) is 0 Å². The molecule has 1 unspecified atom stereocenters. The van der Waals surface area contributed by atoms with Crippen molar-refractivity contribution in [1.82, 2.24) is 4.90 Å². The highest BCUT2D eigenvalue weighted by molar-refractivity contribution is 6.07. The van der Waals surface area contributed by atoms with Gasteiger partial charge in [0.1, 0.15) is 5.82 Å². The third-order valence-electron chi connectivity index (χ3n) is 12.6. The van der Waals surface area contributed by atoms with E-state index in [0.29, 0.717) is 11.4 Å². The lowest BCUT2D eigenvalue weighted by Crippen LogP contribution is -2.42. The van der Waals surface area contributed by atoms with Crippen LogP contribution in [0.5, 0.6) is 0 Å². The maximum absolute atomic E-state index is 14.7. The number of benzene rings is 7. The molecule has 0 fully saturated rings. The summed E-state index contributed by atoms with van der Waals surface area (Å²) >= 11 is 0. The molecule has 2 aliphatic heterocycles. The fraction of sp³-hybridized carbons (Fsp3) is 0.0577. The largest absolute Gasteiger partial charge is 0.333 e. The summed E-state index contributed by atoms with van der Waals surface area (Å²) in [6, 6.07) is 60.8. The van der Waals surface area contributed by atoms with Gasteiger partial charge in [-0.3, -0.25) is 14.6 Å². The molecule has 1 amide bonds. The van der Waals surface area contributed by atoms with E-state index in [-0.39, 0.29) is 11.9 Å². The van der Waals surface area contributed by atoms with Crippen molar-refractivity contribution in [2.45, 2.75) is 17.9 Å². The van der Waals surface area contributed by atoms with Gasteiger partial charge in [-0.1, -0.05) is 140 Å². The van der Waals surface area contributed by atoms with Gasteiger partial charge >= 0.3 is 0 Å². The van der Waals surface area contributed by atoms with Crippen LogP contribution in [0.2, 0.25) is 0 Å². The van der Waals surface area contributed by atoms with Crippen LogP contribution in [0.3, 0.4) is 0 Å². The molecule has 0 saturated carbocycles. The highest BCUT2D eigenvalue weighted by atomic mass is 16.2. The Kier molecular flexibility index (Phi) is 6.37. The molecule has 3 aliphatic carbocycles. The number of hydrogen-bond acceptors (Lipinski definition) is 3. The SMILES string of the molecule is C=C1N(C2=CCC3C(=C2)c2ccccc2N3c2ccccc2)C(=O)c2ccccc2N1c1ccc2c(c1)C1(c3ccccc3-c3ccccc31)c1ccccc1-2. The van der Waals surface area contributed by atoms with Crippen molar-refractivity contribution in [3.8, 4) is 22.3 Å². The van der Waals surface area contributed by atoms with Crippen molar-refractivity contribution in [3.05, 3.63) is 233 Å². The molecule has 56 heavy (non-hydrogen) atoms. The van der Waals surface area contributed by atoms with E-state index in [1.165, 1.54) is 61.3 Å². The van der Waals surface area contributed by atoms with E-state index in [4.69, 9.17) is 6.58 Å². The van der Waals surface area contributed by atoms with Crippen molar-refractivity contribution in [2.75, 3.05) is 9.80 Å². The fourth-order valence-corrected chi connectivity index (χ4v) is 10.4. The molecule has 0 bridgehead atoms. The minimum atomic E-state index is -0.479. The van der Waals surface area contributed by atoms with E-state index in [2.05, 4.69) is 168 Å². The zero-order chi connectivity index (χ0) is 37.1. The standard InChI is InChI=1S/C52H35N3O/c1-33-53(36-27-29-40-39-19-7-12-24-46(39)52(47(40)32-36)44-22-10-5-17-37(44)38-18-6-11-23-45(38)52)49-26-14-9-21-42(49)51(56)54(33)35-28-30-50-43(31-35)41-20-8-13-25-48(41)55(50)34-15-3-2-4-16-34/h2-29,31-32,50H,1,30H2. The van der Waals surface area contributed by atoms with Crippen LogP contribution in [0, 0.1) is 0 Å². The highest BCUT2D eigenvalue weighted by Crippen LogP contribution is 2.63. The Morgan fingerprint density at radius 1 is 0.500 bits per heavy atom. The van der Waals surface area contributed by atoms with Crippen LogP contribution in [-0.4, -0.2) is 16.8 Å². The molecular weight excluding hydrogens is 683 g/mol. The van der Waals surface area contributed by atoms with Crippen LogP contribution < -0.4 is 9.80 Å². The van der Waals surface area contributed by atoms with Crippen molar-refractivity contribution >= 4 is 34.2 Å². The molecule has 5 aliphatic rings. The van der Waals surface area contributed by atoms with Crippen LogP contribution in [0.4, 0.5) is 22.7 Å². The van der Waals surface area contributed by atoms with E-state index in [1.54, 1.807) is 0 Å². The Morgan fingerprint density at radius 3 is 1.70 bits per heavy atom. The third kappa shape index (κ3) is 3.95. The smallest absolute Gasteiger partial charge is 0.266 e. The highest BCUT2D eigenvalue weighted by Gasteiger charge is 2.52. The molecule has 7 aromatic rings. The van der Waals surface area contributed by atoms with Gasteiger partial charge < -0.3 is 4.90 Å². The maximum Gasteiger partial charge on any atom is 0.266 e. The maximum atomic E-state index is 14.7. The van der Waals surface area contributed by atoms with Gasteiger partial charge in [0.25, 0.3) is 5.91 Å². The Balaban J connectivity index is 1.02. The molecule has 0 aromatic heterocycles. The zero-order valence-electron chi connectivity index (χ0n) is 30.6. The second-order valence-corrected chi connectivity index (χ2v) is 15.2. The van der Waals surface area contributed by atoms with Crippen LogP contribution in [0.25, 0.3) is 27.8 Å². The normalized spacial score (nSPS) is 17.7. The van der Waals surface area contributed by atoms with Gasteiger partial charge in [0.15, 0.2) is 0 Å². The van der Waals surface area contributed by atoms with E-state index in [9.17, 15) is 4.79 Å². The van der Waals surface area contributed by atoms with Crippen LogP contribution in [-0.2, 0) is 5.41 Å². The molecule has 4 nitrogen and oxygen atoms in total. The molecule has 4 heteroatoms. The predicted octanol–water partition coefficient (Wildman–Crippen LogP) is 12.0. The summed E-state index contributed by atoms with van der Waals surface area (Å²) in [7, 11) is 0. The van der Waals surface area contributed by atoms with Gasteiger partial charge in [-0.05, 0) is 105 Å². The van der Waals surface area contributed by atoms with E-state index in [1.807, 2.05) is 29.2 Å². The van der Waals surface area contributed by atoms with E-state index < -0.39 is 5.41 Å². The van der Waals surface area contributed by atoms with Crippen LogP contribution in [0.15, 0.2) is 200 Å². The lowest BCUT2D eigenvalue weighted by Gasteiger charge is -2.41. The number of amides is 1. The van der Waals surface area contributed by atoms with Gasteiger partial charge in [0.05, 0.1) is 22.7 Å². The lowest BCUT2D eigenvalue weighted by molar-refractivity contribution is 0.0840. The number of hydrogen-bond donors (Lipinski definition) is 0. The van der Waals surface area contributed by atoms with Crippen molar-refractivity contribution in [1.29, 1.82) is 0 Å². The molecule has 12 rings (SSSR count). The van der Waals surface area contributed by atoms with Crippen LogP contribution >= 0.6 is 0 Å². The van der Waals surface area contributed by atoms with Crippen LogP contribution in [0.1, 0.15) is 44.6 Å². The van der Waals surface area contributed by atoms with Gasteiger partial charge in [0, 0.05) is 28.3 Å². The first-order valence-electron chi connectivity index (χ1n) is 19.4. The summed E-state index contributed by atoms with van der Waals surface area (Å²) in [4.78, 5) is 21.1. The number of carbonyl (C=O) groups is 1. The number of rotatable bonds is 3. The molecule has 264 valence electrons. The number of anilines is 4. The monoisotopic (exact) mass is 717 g/mol. The zero-order valence-corrected chi connectivity index (χ0v) is 30.6. The first-order valence-corrected chi connectivity index (χ1v) is 19.4. The van der Waals surface area contributed by atoms with Gasteiger partial charge in [-0.25, -0.2) is 0 Å². The van der Waals surface area contributed by atoms with E-state index in [0.717, 1.165) is 29.2 Å². The number of allylic oxidation sites excluding steroid dienone is 1. The number of fused-ring (bicyclic) bond motifs is 14. The molecule has 0 radical (unpaired) electrons. The summed E-state index contributed by atoms with van der Waals surface area (Å²) < 4.78 is 0. The van der Waals surface area contributed by atoms with Crippen molar-refractivity contribution < 1.29 is 4.79 Å². The number of nitrogens with zero attached hydrogens (tertiary/aromatic N) is 3. The van der Waals surface area contributed by atoms with Gasteiger partial charge in [-0.15, -0.1) is 0 Å². The molecule has 2 heterocycles. The minimum Gasteiger partial charge on any atom is -0.333 e. The van der Waals surface area contributed by atoms with E-state index >= 15 is 0 Å². The molecule has 1 atom stereocenters. The Bertz CT molecular complexity index is 2860. The summed E-state index contributed by atoms with van der Waals surface area (Å²) in [5.41, 5.74) is 17.7. The summed E-state index contributed by atoms with van der Waals surface area (Å²) in [6.45, 7) is 4.71. The topological polar surface area (TPSA) is 26.8 Å². The minimum absolute atomic E-state index is 0.0710. The quantitative estimate of drug-likeness (QED) is 0.182. The summed E-state index contributed by atoms with van der Waals surface area (Å²) in [5, 5.41) is 0. The molecule has 7 aromatic carbocycles. The predicted molar refractivity (Wildman–Crippen MR) is 226 cm³/mol. The average molecular weight is 718 g/mol. The molecular formula is C52H35N3O. The van der Waals surface area contributed by atoms with Gasteiger partial charge in [0.2, 0.25) is 0 Å². The third-order valence-corrected chi connectivity index (χ3v) is 12.6. The summed E-state index contributed by atoms with van der Waals surface area (Å²) in [5.74, 6) is 0.538. The molecule has 1 spiro atoms. The Hall–Kier alpha value is -7.17. The number of para-hydroxylation sites is 3. The van der Waals surface area contributed by atoms with Crippen molar-refractivity contribution in [2.24, 2.45) is 0 Å². The first-order chi connectivity index (χ1) is 27.6. The fourth-order valence-electron chi connectivity index (χ4n) is 10.4. The average Bonchev–Trinajstić information content (AvgIpc) is 3.86. The summed E-state index contributed by atoms with van der Waals surface area (Å²) in [6.07, 6.45) is 5.18. The Labute approximate surface area is 326 Å². The second-order valence-electron chi connectivity index (χ2n) is 15.2.